The van der Waals surface area contributed by atoms with Gasteiger partial charge in [0, 0.05) is 35.1 Å². The number of nitrogens with zero attached hydrogens (tertiary/aromatic N) is 2. The van der Waals surface area contributed by atoms with E-state index >= 15 is 0 Å². The Bertz CT molecular complexity index is 1290. The minimum Gasteiger partial charge on any atom is -0.469 e. The molecule has 1 amide bonds. The number of ether oxygens (including phenoxy) is 1. The molecule has 0 bridgehead atoms. The van der Waals surface area contributed by atoms with Gasteiger partial charge in [-0.05, 0) is 75.5 Å². The number of carbonyl (C=O) groups is 2. The van der Waals surface area contributed by atoms with E-state index in [0.717, 1.165) is 48.9 Å². The van der Waals surface area contributed by atoms with E-state index in [4.69, 9.17) is 4.74 Å². The van der Waals surface area contributed by atoms with Gasteiger partial charge in [-0.1, -0.05) is 30.3 Å². The van der Waals surface area contributed by atoms with Crippen molar-refractivity contribution in [2.24, 2.45) is 0 Å². The van der Waals surface area contributed by atoms with Crippen LogP contribution < -0.4 is 0 Å². The largest absolute Gasteiger partial charge is 0.469 e. The molecule has 5 rings (SSSR count). The Kier molecular flexibility index (Phi) is 6.37. The second-order valence-electron chi connectivity index (χ2n) is 10.4. The Morgan fingerprint density at radius 2 is 1.81 bits per heavy atom. The maximum absolute atomic E-state index is 14.3. The first kappa shape index (κ1) is 24.5. The number of aromatic nitrogens is 1. The molecular formula is C29H34FN3O3. The molecule has 1 aromatic heterocycles. The molecule has 0 radical (unpaired) electrons. The number of hydrogen-bond acceptors (Lipinski definition) is 4. The third-order valence-electron chi connectivity index (χ3n) is 8.58. The number of aromatic amines is 1. The van der Waals surface area contributed by atoms with Gasteiger partial charge in [0.1, 0.15) is 5.82 Å². The van der Waals surface area contributed by atoms with E-state index < -0.39 is 5.54 Å². The van der Waals surface area contributed by atoms with Gasteiger partial charge in [0.25, 0.3) is 0 Å². The van der Waals surface area contributed by atoms with Crippen LogP contribution in [-0.4, -0.2) is 54.4 Å². The van der Waals surface area contributed by atoms with Crippen molar-refractivity contribution < 1.29 is 18.7 Å². The zero-order valence-electron chi connectivity index (χ0n) is 21.3. The second kappa shape index (κ2) is 9.36. The first-order valence-corrected chi connectivity index (χ1v) is 12.7. The lowest BCUT2D eigenvalue weighted by Crippen LogP contribution is -2.58. The number of fused-ring (bicyclic) bond motifs is 4. The molecule has 7 heteroatoms. The standard InChI is InChI=1S/C29H34FN3O3/c1-32(2)28(20-7-6-8-21(30)19-20)14-16-29(17-15-28)27-23(22-9-4-5-10-24(22)31-27)13-18-33(29)25(34)11-12-26(35)36-3/h4-10,19,31H,11-18H2,1-3H3. The van der Waals surface area contributed by atoms with Crippen molar-refractivity contribution in [2.45, 2.75) is 56.0 Å². The summed E-state index contributed by atoms with van der Waals surface area (Å²) < 4.78 is 19.0. The molecule has 2 aliphatic rings. The topological polar surface area (TPSA) is 65.6 Å². The summed E-state index contributed by atoms with van der Waals surface area (Å²) in [5.41, 5.74) is 3.64. The van der Waals surface area contributed by atoms with E-state index in [-0.39, 0.29) is 36.1 Å². The van der Waals surface area contributed by atoms with Gasteiger partial charge < -0.3 is 14.6 Å². The number of benzene rings is 2. The van der Waals surface area contributed by atoms with Gasteiger partial charge in [-0.25, -0.2) is 4.39 Å². The van der Waals surface area contributed by atoms with Crippen LogP contribution in [0.2, 0.25) is 0 Å². The highest BCUT2D eigenvalue weighted by Crippen LogP contribution is 2.53. The molecule has 2 heterocycles. The SMILES string of the molecule is COC(=O)CCC(=O)N1CCc2c([nH]c3ccccc23)C12CCC(c1cccc(F)c1)(N(C)C)CC2. The zero-order chi connectivity index (χ0) is 25.5. The number of halogens is 1. The Morgan fingerprint density at radius 3 is 2.50 bits per heavy atom. The summed E-state index contributed by atoms with van der Waals surface area (Å²) in [4.78, 5) is 33.3. The van der Waals surface area contributed by atoms with Gasteiger partial charge in [0.2, 0.25) is 5.91 Å². The van der Waals surface area contributed by atoms with Crippen molar-refractivity contribution in [3.63, 3.8) is 0 Å². The predicted molar refractivity (Wildman–Crippen MR) is 137 cm³/mol. The number of rotatable bonds is 5. The molecule has 1 fully saturated rings. The van der Waals surface area contributed by atoms with Crippen LogP contribution in [0.4, 0.5) is 4.39 Å². The lowest BCUT2D eigenvalue weighted by molar-refractivity contribution is -0.148. The fourth-order valence-electron chi connectivity index (χ4n) is 6.61. The number of para-hydroxylation sites is 1. The van der Waals surface area contributed by atoms with E-state index in [1.54, 1.807) is 12.1 Å². The summed E-state index contributed by atoms with van der Waals surface area (Å²) in [6, 6.07) is 15.2. The van der Waals surface area contributed by atoms with Gasteiger partial charge in [-0.15, -0.1) is 0 Å². The minimum absolute atomic E-state index is 0.0205. The van der Waals surface area contributed by atoms with Crippen LogP contribution in [0.1, 0.15) is 55.3 Å². The lowest BCUT2D eigenvalue weighted by atomic mass is 9.65. The van der Waals surface area contributed by atoms with E-state index in [0.29, 0.717) is 6.54 Å². The summed E-state index contributed by atoms with van der Waals surface area (Å²) in [7, 11) is 5.45. The molecule has 3 aromatic rings. The summed E-state index contributed by atoms with van der Waals surface area (Å²) in [5.74, 6) is -0.626. The van der Waals surface area contributed by atoms with Crippen LogP contribution in [0.25, 0.3) is 10.9 Å². The van der Waals surface area contributed by atoms with Crippen molar-refractivity contribution in [3.05, 3.63) is 71.2 Å². The van der Waals surface area contributed by atoms with Crippen LogP contribution >= 0.6 is 0 Å². The highest BCUT2D eigenvalue weighted by Gasteiger charge is 2.52. The molecule has 0 atom stereocenters. The van der Waals surface area contributed by atoms with Crippen molar-refractivity contribution in [1.29, 1.82) is 0 Å². The monoisotopic (exact) mass is 491 g/mol. The summed E-state index contributed by atoms with van der Waals surface area (Å²) in [5, 5.41) is 1.21. The van der Waals surface area contributed by atoms with Crippen LogP contribution in [0.5, 0.6) is 0 Å². The predicted octanol–water partition coefficient (Wildman–Crippen LogP) is 4.87. The van der Waals surface area contributed by atoms with Gasteiger partial charge in [-0.2, -0.15) is 0 Å². The molecule has 6 nitrogen and oxygen atoms in total. The minimum atomic E-state index is -0.493. The number of H-pyrrole nitrogens is 1. The summed E-state index contributed by atoms with van der Waals surface area (Å²) in [6.45, 7) is 0.615. The molecule has 0 unspecified atom stereocenters. The van der Waals surface area contributed by atoms with Crippen LogP contribution in [0.15, 0.2) is 48.5 Å². The van der Waals surface area contributed by atoms with Crippen molar-refractivity contribution in [2.75, 3.05) is 27.7 Å². The highest BCUT2D eigenvalue weighted by atomic mass is 19.1. The number of hydrogen-bond donors (Lipinski definition) is 1. The molecule has 1 N–H and O–H groups in total. The third kappa shape index (κ3) is 3.90. The van der Waals surface area contributed by atoms with Gasteiger partial charge in [-0.3, -0.25) is 14.5 Å². The van der Waals surface area contributed by atoms with Crippen LogP contribution in [0, 0.1) is 5.82 Å². The Hall–Kier alpha value is -3.19. The fraction of sp³-hybridized carbons (Fsp3) is 0.448. The van der Waals surface area contributed by atoms with Crippen molar-refractivity contribution in [3.8, 4) is 0 Å². The molecule has 36 heavy (non-hydrogen) atoms. The third-order valence-corrected chi connectivity index (χ3v) is 8.58. The number of esters is 1. The van der Waals surface area contributed by atoms with Gasteiger partial charge in [0.05, 0.1) is 19.1 Å². The summed E-state index contributed by atoms with van der Waals surface area (Å²) in [6.07, 6.45) is 4.02. The van der Waals surface area contributed by atoms with E-state index in [2.05, 4.69) is 42.2 Å². The molecule has 1 spiro atoms. The number of carbonyl (C=O) groups excluding carboxylic acids is 2. The fourth-order valence-corrected chi connectivity index (χ4v) is 6.61. The van der Waals surface area contributed by atoms with Gasteiger partial charge in [0.15, 0.2) is 0 Å². The molecule has 1 aliphatic carbocycles. The number of methoxy groups -OCH3 is 1. The van der Waals surface area contributed by atoms with Crippen LogP contribution in [-0.2, 0) is 31.8 Å². The second-order valence-corrected chi connectivity index (χ2v) is 10.4. The Balaban J connectivity index is 1.56. The average molecular weight is 492 g/mol. The molecule has 1 aliphatic heterocycles. The number of nitrogens with one attached hydrogen (secondary N) is 1. The highest BCUT2D eigenvalue weighted by molar-refractivity contribution is 5.87. The van der Waals surface area contributed by atoms with Crippen molar-refractivity contribution in [1.82, 2.24) is 14.8 Å². The Labute approximate surface area is 211 Å². The molecule has 190 valence electrons. The normalized spacial score (nSPS) is 23.8. The zero-order valence-corrected chi connectivity index (χ0v) is 21.3. The number of amides is 1. The van der Waals surface area contributed by atoms with Crippen molar-refractivity contribution >= 4 is 22.8 Å². The Morgan fingerprint density at radius 1 is 1.06 bits per heavy atom. The first-order chi connectivity index (χ1) is 17.3. The average Bonchev–Trinajstić information content (AvgIpc) is 3.27. The maximum Gasteiger partial charge on any atom is 0.306 e. The van der Waals surface area contributed by atoms with E-state index in [1.807, 2.05) is 17.0 Å². The summed E-state index contributed by atoms with van der Waals surface area (Å²) >= 11 is 0. The maximum atomic E-state index is 14.3. The first-order valence-electron chi connectivity index (χ1n) is 12.7. The smallest absolute Gasteiger partial charge is 0.306 e. The molecule has 0 saturated heterocycles. The quantitative estimate of drug-likeness (QED) is 0.517. The van der Waals surface area contributed by atoms with E-state index in [1.165, 1.54) is 24.1 Å². The molecular weight excluding hydrogens is 457 g/mol. The molecule has 2 aromatic carbocycles. The van der Waals surface area contributed by atoms with Gasteiger partial charge >= 0.3 is 5.97 Å². The van der Waals surface area contributed by atoms with E-state index in [9.17, 15) is 14.0 Å². The molecule has 1 saturated carbocycles. The lowest BCUT2D eigenvalue weighted by Gasteiger charge is -2.55. The van der Waals surface area contributed by atoms with Crippen LogP contribution in [0.3, 0.4) is 0 Å².